The Morgan fingerprint density at radius 2 is 2.21 bits per heavy atom. The highest BCUT2D eigenvalue weighted by Gasteiger charge is 2.05. The number of rotatable bonds is 3. The number of hydrogen-bond acceptors (Lipinski definition) is 2. The highest BCUT2D eigenvalue weighted by Crippen LogP contribution is 2.22. The second-order valence-corrected chi connectivity index (χ2v) is 3.15. The molecule has 1 aromatic carbocycles. The van der Waals surface area contributed by atoms with E-state index in [4.69, 9.17) is 16.3 Å². The molecule has 3 nitrogen and oxygen atoms in total. The summed E-state index contributed by atoms with van der Waals surface area (Å²) in [6.07, 6.45) is 0.400. The summed E-state index contributed by atoms with van der Waals surface area (Å²) < 4.78 is 4.97. The smallest absolute Gasteiger partial charge is 0.409 e. The summed E-state index contributed by atoms with van der Waals surface area (Å²) in [4.78, 5) is 11.1. The number of carbonyl (C=O) groups excluding carboxylic acids is 1. The zero-order valence-corrected chi connectivity index (χ0v) is 8.67. The maximum Gasteiger partial charge on any atom is 0.412 e. The second-order valence-electron chi connectivity index (χ2n) is 2.75. The predicted octanol–water partition coefficient (Wildman–Crippen LogP) is 2.84. The average Bonchev–Trinajstić information content (AvgIpc) is 2.18. The van der Waals surface area contributed by atoms with E-state index in [2.05, 4.69) is 5.32 Å². The number of halogens is 1. The number of hydrogen-bond donors (Lipinski definition) is 1. The molecule has 76 valence electrons. The molecule has 0 radical (unpaired) electrons. The molecule has 1 aromatic rings. The molecule has 0 spiro atoms. The van der Waals surface area contributed by atoms with E-state index in [0.29, 0.717) is 17.3 Å². The molecule has 0 atom stereocenters. The predicted molar refractivity (Wildman–Crippen MR) is 55.8 cm³/mol. The van der Waals surface area contributed by atoms with Gasteiger partial charge in [0.05, 0.1) is 5.02 Å². The largest absolute Gasteiger partial charge is 0.412 e. The standard InChI is InChI=1S/C10H12ClNO2/c1-2-7-12-10(13)14-9-6-4-3-5-8(9)11/h3-6H,2,7H2,1H3,(H,12,13). The molecule has 0 unspecified atom stereocenters. The van der Waals surface area contributed by atoms with Crippen LogP contribution < -0.4 is 10.1 Å². The van der Waals surface area contributed by atoms with E-state index in [1.54, 1.807) is 24.3 Å². The SMILES string of the molecule is CCCNC(=O)Oc1ccccc1Cl. The van der Waals surface area contributed by atoms with Gasteiger partial charge in [-0.3, -0.25) is 0 Å². The summed E-state index contributed by atoms with van der Waals surface area (Å²) in [7, 11) is 0. The van der Waals surface area contributed by atoms with E-state index in [1.807, 2.05) is 6.92 Å². The molecule has 0 fully saturated rings. The van der Waals surface area contributed by atoms with Crippen LogP contribution >= 0.6 is 11.6 Å². The van der Waals surface area contributed by atoms with Gasteiger partial charge >= 0.3 is 6.09 Å². The van der Waals surface area contributed by atoms with Crippen molar-refractivity contribution in [3.05, 3.63) is 29.3 Å². The minimum absolute atomic E-state index is 0.378. The lowest BCUT2D eigenvalue weighted by molar-refractivity contribution is 0.200. The lowest BCUT2D eigenvalue weighted by Gasteiger charge is -2.06. The van der Waals surface area contributed by atoms with E-state index in [-0.39, 0.29) is 0 Å². The van der Waals surface area contributed by atoms with Crippen molar-refractivity contribution in [2.75, 3.05) is 6.54 Å². The van der Waals surface area contributed by atoms with Crippen molar-refractivity contribution in [1.29, 1.82) is 0 Å². The molecule has 1 N–H and O–H groups in total. The molecule has 4 heteroatoms. The third-order valence-electron chi connectivity index (χ3n) is 1.56. The molecule has 1 rings (SSSR count). The number of ether oxygens (including phenoxy) is 1. The van der Waals surface area contributed by atoms with Crippen molar-refractivity contribution in [1.82, 2.24) is 5.32 Å². The maximum absolute atomic E-state index is 11.1. The first-order valence-corrected chi connectivity index (χ1v) is 4.82. The van der Waals surface area contributed by atoms with Crippen molar-refractivity contribution in [3.63, 3.8) is 0 Å². The van der Waals surface area contributed by atoms with Crippen LogP contribution in [0.1, 0.15) is 13.3 Å². The Kier molecular flexibility index (Phi) is 4.26. The molecule has 0 saturated heterocycles. The van der Waals surface area contributed by atoms with E-state index < -0.39 is 6.09 Å². The zero-order valence-electron chi connectivity index (χ0n) is 7.92. The van der Waals surface area contributed by atoms with Gasteiger partial charge in [-0.2, -0.15) is 0 Å². The first kappa shape index (κ1) is 10.9. The lowest BCUT2D eigenvalue weighted by atomic mass is 10.3. The van der Waals surface area contributed by atoms with Crippen molar-refractivity contribution < 1.29 is 9.53 Å². The van der Waals surface area contributed by atoms with Gasteiger partial charge in [0.1, 0.15) is 0 Å². The lowest BCUT2D eigenvalue weighted by Crippen LogP contribution is -2.27. The number of para-hydroxylation sites is 1. The third-order valence-corrected chi connectivity index (χ3v) is 1.87. The van der Waals surface area contributed by atoms with Crippen LogP contribution in [0.15, 0.2) is 24.3 Å². The first-order chi connectivity index (χ1) is 6.74. The molecule has 0 aliphatic carbocycles. The number of amides is 1. The van der Waals surface area contributed by atoms with Gasteiger partial charge in [0.15, 0.2) is 5.75 Å². The van der Waals surface area contributed by atoms with Gasteiger partial charge in [-0.1, -0.05) is 30.7 Å². The van der Waals surface area contributed by atoms with Gasteiger partial charge in [0.25, 0.3) is 0 Å². The van der Waals surface area contributed by atoms with Gasteiger partial charge in [-0.25, -0.2) is 4.79 Å². The molecule has 0 bridgehead atoms. The fraction of sp³-hybridized carbons (Fsp3) is 0.300. The number of carbonyl (C=O) groups is 1. The van der Waals surface area contributed by atoms with Crippen molar-refractivity contribution in [2.24, 2.45) is 0 Å². The molecule has 0 heterocycles. The Balaban J connectivity index is 2.52. The zero-order chi connectivity index (χ0) is 10.4. The summed E-state index contributed by atoms with van der Waals surface area (Å²) in [6, 6.07) is 6.85. The number of benzene rings is 1. The molecule has 0 saturated carbocycles. The van der Waals surface area contributed by atoms with Crippen LogP contribution in [0.4, 0.5) is 4.79 Å². The summed E-state index contributed by atoms with van der Waals surface area (Å²) in [6.45, 7) is 2.57. The third kappa shape index (κ3) is 3.26. The maximum atomic E-state index is 11.1. The highest BCUT2D eigenvalue weighted by atomic mass is 35.5. The normalized spacial score (nSPS) is 9.57. The highest BCUT2D eigenvalue weighted by molar-refractivity contribution is 6.32. The Morgan fingerprint density at radius 3 is 2.86 bits per heavy atom. The van der Waals surface area contributed by atoms with Crippen LogP contribution in [0.5, 0.6) is 5.75 Å². The molecule has 0 aliphatic heterocycles. The summed E-state index contributed by atoms with van der Waals surface area (Å²) in [5.41, 5.74) is 0. The van der Waals surface area contributed by atoms with Gasteiger partial charge in [0, 0.05) is 6.54 Å². The Labute approximate surface area is 88.0 Å². The molecule has 0 aromatic heterocycles. The van der Waals surface area contributed by atoms with E-state index in [9.17, 15) is 4.79 Å². The average molecular weight is 214 g/mol. The van der Waals surface area contributed by atoms with Crippen LogP contribution in [-0.4, -0.2) is 12.6 Å². The Hall–Kier alpha value is -1.22. The van der Waals surface area contributed by atoms with Crippen molar-refractivity contribution >= 4 is 17.7 Å². The van der Waals surface area contributed by atoms with Crippen LogP contribution in [-0.2, 0) is 0 Å². The van der Waals surface area contributed by atoms with E-state index >= 15 is 0 Å². The van der Waals surface area contributed by atoms with Gasteiger partial charge in [0.2, 0.25) is 0 Å². The van der Waals surface area contributed by atoms with Crippen LogP contribution in [0.3, 0.4) is 0 Å². The van der Waals surface area contributed by atoms with Gasteiger partial charge in [-0.05, 0) is 18.6 Å². The molecular weight excluding hydrogens is 202 g/mol. The first-order valence-electron chi connectivity index (χ1n) is 4.44. The molecule has 0 aliphatic rings. The minimum atomic E-state index is -0.472. The monoisotopic (exact) mass is 213 g/mol. The number of nitrogens with one attached hydrogen (secondary N) is 1. The van der Waals surface area contributed by atoms with Gasteiger partial charge < -0.3 is 10.1 Å². The fourth-order valence-corrected chi connectivity index (χ4v) is 1.06. The van der Waals surface area contributed by atoms with Crippen LogP contribution in [0.25, 0.3) is 0 Å². The fourth-order valence-electron chi connectivity index (χ4n) is 0.891. The van der Waals surface area contributed by atoms with Gasteiger partial charge in [-0.15, -0.1) is 0 Å². The van der Waals surface area contributed by atoms with E-state index in [1.165, 1.54) is 0 Å². The summed E-state index contributed by atoms with van der Waals surface area (Å²) in [5.74, 6) is 0.378. The topological polar surface area (TPSA) is 38.3 Å². The minimum Gasteiger partial charge on any atom is -0.409 e. The van der Waals surface area contributed by atoms with Crippen molar-refractivity contribution in [3.8, 4) is 5.75 Å². The van der Waals surface area contributed by atoms with Crippen LogP contribution in [0.2, 0.25) is 5.02 Å². The summed E-state index contributed by atoms with van der Waals surface area (Å²) in [5, 5.41) is 3.02. The summed E-state index contributed by atoms with van der Waals surface area (Å²) >= 11 is 5.80. The second kappa shape index (κ2) is 5.50. The molecule has 1 amide bonds. The Bertz CT molecular complexity index is 315. The Morgan fingerprint density at radius 1 is 1.50 bits per heavy atom. The molecular formula is C10H12ClNO2. The van der Waals surface area contributed by atoms with E-state index in [0.717, 1.165) is 6.42 Å². The van der Waals surface area contributed by atoms with Crippen molar-refractivity contribution in [2.45, 2.75) is 13.3 Å². The molecule has 14 heavy (non-hydrogen) atoms. The quantitative estimate of drug-likeness (QED) is 0.839. The van der Waals surface area contributed by atoms with Crippen LogP contribution in [0, 0.1) is 0 Å².